The van der Waals surface area contributed by atoms with E-state index in [2.05, 4.69) is 55.2 Å². The summed E-state index contributed by atoms with van der Waals surface area (Å²) in [5, 5.41) is 3.27. The molecule has 20 heavy (non-hydrogen) atoms. The van der Waals surface area contributed by atoms with E-state index in [0.29, 0.717) is 5.95 Å². The molecule has 0 atom stereocenters. The van der Waals surface area contributed by atoms with E-state index in [1.165, 1.54) is 18.4 Å². The van der Waals surface area contributed by atoms with E-state index in [-0.39, 0.29) is 0 Å². The highest BCUT2D eigenvalue weighted by molar-refractivity contribution is 9.10. The lowest BCUT2D eigenvalue weighted by molar-refractivity contribution is 0.930. The van der Waals surface area contributed by atoms with Crippen LogP contribution in [0.5, 0.6) is 0 Å². The molecule has 0 aliphatic carbocycles. The van der Waals surface area contributed by atoms with E-state index < -0.39 is 0 Å². The summed E-state index contributed by atoms with van der Waals surface area (Å²) in [7, 11) is 0. The Morgan fingerprint density at radius 2 is 2.00 bits per heavy atom. The molecular weight excluding hydrogens is 316 g/mol. The molecule has 0 spiro atoms. The van der Waals surface area contributed by atoms with Crippen LogP contribution in [-0.4, -0.2) is 23.1 Å². The van der Waals surface area contributed by atoms with Crippen LogP contribution >= 0.6 is 15.9 Å². The Hall–Kier alpha value is -1.62. The van der Waals surface area contributed by atoms with Gasteiger partial charge in [-0.15, -0.1) is 0 Å². The van der Waals surface area contributed by atoms with Gasteiger partial charge in [-0.25, -0.2) is 4.98 Å². The van der Waals surface area contributed by atoms with E-state index in [4.69, 9.17) is 0 Å². The molecule has 1 fully saturated rings. The van der Waals surface area contributed by atoms with Gasteiger partial charge in [0.05, 0.1) is 5.69 Å². The SMILES string of the molecule is Cc1ccc(Nc2nccc(N3CCCC3)n2)c(Br)c1. The van der Waals surface area contributed by atoms with Crippen LogP contribution in [0.2, 0.25) is 0 Å². The van der Waals surface area contributed by atoms with Gasteiger partial charge in [0.1, 0.15) is 5.82 Å². The van der Waals surface area contributed by atoms with Crippen LogP contribution in [0.4, 0.5) is 17.5 Å². The number of aryl methyl sites for hydroxylation is 1. The van der Waals surface area contributed by atoms with Gasteiger partial charge in [0.2, 0.25) is 5.95 Å². The molecule has 104 valence electrons. The van der Waals surface area contributed by atoms with E-state index in [1.807, 2.05) is 18.3 Å². The average molecular weight is 333 g/mol. The number of hydrogen-bond acceptors (Lipinski definition) is 4. The summed E-state index contributed by atoms with van der Waals surface area (Å²) in [5.41, 5.74) is 2.20. The Morgan fingerprint density at radius 1 is 1.20 bits per heavy atom. The Balaban J connectivity index is 1.81. The number of aromatic nitrogens is 2. The molecule has 0 radical (unpaired) electrons. The third-order valence-electron chi connectivity index (χ3n) is 3.44. The number of halogens is 1. The van der Waals surface area contributed by atoms with Crippen molar-refractivity contribution in [2.24, 2.45) is 0 Å². The molecule has 0 unspecified atom stereocenters. The van der Waals surface area contributed by atoms with Gasteiger partial charge in [-0.3, -0.25) is 0 Å². The lowest BCUT2D eigenvalue weighted by Crippen LogP contribution is -2.19. The van der Waals surface area contributed by atoms with Crippen molar-refractivity contribution >= 4 is 33.4 Å². The highest BCUT2D eigenvalue weighted by Crippen LogP contribution is 2.26. The minimum atomic E-state index is 0.638. The van der Waals surface area contributed by atoms with Crippen molar-refractivity contribution in [3.8, 4) is 0 Å². The first-order valence-corrected chi connectivity index (χ1v) is 7.63. The number of hydrogen-bond donors (Lipinski definition) is 1. The van der Waals surface area contributed by atoms with Crippen molar-refractivity contribution in [2.75, 3.05) is 23.3 Å². The molecule has 1 N–H and O–H groups in total. The van der Waals surface area contributed by atoms with Crippen molar-refractivity contribution < 1.29 is 0 Å². The average Bonchev–Trinajstić information content (AvgIpc) is 2.96. The maximum Gasteiger partial charge on any atom is 0.229 e. The van der Waals surface area contributed by atoms with Gasteiger partial charge in [0.25, 0.3) is 0 Å². The first-order valence-electron chi connectivity index (χ1n) is 6.83. The Morgan fingerprint density at radius 3 is 2.75 bits per heavy atom. The van der Waals surface area contributed by atoms with E-state index >= 15 is 0 Å². The number of nitrogens with one attached hydrogen (secondary N) is 1. The highest BCUT2D eigenvalue weighted by atomic mass is 79.9. The van der Waals surface area contributed by atoms with Crippen LogP contribution in [0.1, 0.15) is 18.4 Å². The number of benzene rings is 1. The normalized spacial score (nSPS) is 14.6. The van der Waals surface area contributed by atoms with Crippen molar-refractivity contribution in [2.45, 2.75) is 19.8 Å². The van der Waals surface area contributed by atoms with E-state index in [9.17, 15) is 0 Å². The lowest BCUT2D eigenvalue weighted by Gasteiger charge is -2.17. The molecule has 0 saturated carbocycles. The van der Waals surface area contributed by atoms with Gasteiger partial charge in [-0.2, -0.15) is 4.98 Å². The fourth-order valence-electron chi connectivity index (χ4n) is 2.37. The van der Waals surface area contributed by atoms with Gasteiger partial charge in [0.15, 0.2) is 0 Å². The Labute approximate surface area is 127 Å². The van der Waals surface area contributed by atoms with Gasteiger partial charge in [-0.05, 0) is 59.5 Å². The second-order valence-corrected chi connectivity index (χ2v) is 5.90. The molecular formula is C15H17BrN4. The lowest BCUT2D eigenvalue weighted by atomic mass is 10.2. The van der Waals surface area contributed by atoms with Gasteiger partial charge in [-0.1, -0.05) is 6.07 Å². The van der Waals surface area contributed by atoms with Crippen LogP contribution in [0.3, 0.4) is 0 Å². The molecule has 1 saturated heterocycles. The Bertz CT molecular complexity index is 609. The van der Waals surface area contributed by atoms with Crippen LogP contribution in [-0.2, 0) is 0 Å². The van der Waals surface area contributed by atoms with Gasteiger partial charge < -0.3 is 10.2 Å². The molecule has 0 bridgehead atoms. The quantitative estimate of drug-likeness (QED) is 0.925. The van der Waals surface area contributed by atoms with E-state index in [0.717, 1.165) is 29.1 Å². The second-order valence-electron chi connectivity index (χ2n) is 5.04. The first-order chi connectivity index (χ1) is 9.72. The second kappa shape index (κ2) is 5.79. The van der Waals surface area contributed by atoms with Gasteiger partial charge in [0, 0.05) is 23.8 Å². The first kappa shape index (κ1) is 13.4. The summed E-state index contributed by atoms with van der Waals surface area (Å²) in [6, 6.07) is 8.15. The highest BCUT2D eigenvalue weighted by Gasteiger charge is 2.14. The van der Waals surface area contributed by atoms with Crippen LogP contribution in [0, 0.1) is 6.92 Å². The molecule has 1 aromatic heterocycles. The summed E-state index contributed by atoms with van der Waals surface area (Å²) < 4.78 is 1.02. The fourth-order valence-corrected chi connectivity index (χ4v) is 2.97. The predicted octanol–water partition coefficient (Wildman–Crippen LogP) is 3.89. The van der Waals surface area contributed by atoms with Crippen molar-refractivity contribution in [1.82, 2.24) is 9.97 Å². The fraction of sp³-hybridized carbons (Fsp3) is 0.333. The molecule has 1 aliphatic heterocycles. The molecule has 4 nitrogen and oxygen atoms in total. The smallest absolute Gasteiger partial charge is 0.229 e. The largest absolute Gasteiger partial charge is 0.356 e. The summed E-state index contributed by atoms with van der Waals surface area (Å²) in [6.07, 6.45) is 4.30. The summed E-state index contributed by atoms with van der Waals surface area (Å²) in [4.78, 5) is 11.2. The number of anilines is 3. The van der Waals surface area contributed by atoms with Gasteiger partial charge >= 0.3 is 0 Å². The van der Waals surface area contributed by atoms with Crippen LogP contribution in [0.25, 0.3) is 0 Å². The minimum Gasteiger partial charge on any atom is -0.356 e. The van der Waals surface area contributed by atoms with Crippen molar-refractivity contribution in [3.05, 3.63) is 40.5 Å². The number of rotatable bonds is 3. The Kier molecular flexibility index (Phi) is 3.87. The zero-order valence-electron chi connectivity index (χ0n) is 11.4. The molecule has 3 rings (SSSR count). The third kappa shape index (κ3) is 2.93. The number of nitrogens with zero attached hydrogens (tertiary/aromatic N) is 3. The molecule has 1 aromatic carbocycles. The monoisotopic (exact) mass is 332 g/mol. The summed E-state index contributed by atoms with van der Waals surface area (Å²) >= 11 is 3.56. The van der Waals surface area contributed by atoms with Crippen LogP contribution < -0.4 is 10.2 Å². The zero-order valence-corrected chi connectivity index (χ0v) is 13.0. The standard InChI is InChI=1S/C15H17BrN4/c1-11-4-5-13(12(16)10-11)18-15-17-7-6-14(19-15)20-8-2-3-9-20/h4-7,10H,2-3,8-9H2,1H3,(H,17,18,19). The maximum absolute atomic E-state index is 4.60. The van der Waals surface area contributed by atoms with Crippen LogP contribution in [0.15, 0.2) is 34.9 Å². The minimum absolute atomic E-state index is 0.638. The summed E-state index contributed by atoms with van der Waals surface area (Å²) in [6.45, 7) is 4.24. The molecule has 5 heteroatoms. The van der Waals surface area contributed by atoms with E-state index in [1.54, 1.807) is 0 Å². The molecule has 0 amide bonds. The molecule has 2 aromatic rings. The molecule has 1 aliphatic rings. The maximum atomic E-state index is 4.60. The zero-order chi connectivity index (χ0) is 13.9. The summed E-state index contributed by atoms with van der Waals surface area (Å²) in [5.74, 6) is 1.64. The predicted molar refractivity (Wildman–Crippen MR) is 85.6 cm³/mol. The molecule has 2 heterocycles. The van der Waals surface area contributed by atoms with Crippen molar-refractivity contribution in [1.29, 1.82) is 0 Å². The third-order valence-corrected chi connectivity index (χ3v) is 4.10. The topological polar surface area (TPSA) is 41.1 Å². The van der Waals surface area contributed by atoms with Crippen molar-refractivity contribution in [3.63, 3.8) is 0 Å².